The van der Waals surface area contributed by atoms with Gasteiger partial charge in [-0.15, -0.1) is 11.8 Å². The second-order valence-electron chi connectivity index (χ2n) is 3.79. The van der Waals surface area contributed by atoms with Crippen LogP contribution in [0, 0.1) is 0 Å². The zero-order chi connectivity index (χ0) is 11.9. The maximum absolute atomic E-state index is 10.5. The number of aliphatic hydroxyl groups is 1. The van der Waals surface area contributed by atoms with Crippen molar-refractivity contribution in [3.05, 3.63) is 65.2 Å². The van der Waals surface area contributed by atoms with Gasteiger partial charge in [0.1, 0.15) is 6.08 Å². The number of rotatable bonds is 0. The molecule has 0 bridgehead atoms. The zero-order valence-corrected chi connectivity index (χ0v) is 9.50. The zero-order valence-electron chi connectivity index (χ0n) is 9.68. The van der Waals surface area contributed by atoms with Gasteiger partial charge in [0.2, 0.25) is 0 Å². The maximum Gasteiger partial charge on any atom is 0.105 e. The first-order chi connectivity index (χ1) is 8.19. The fourth-order valence-corrected chi connectivity index (χ4v) is 3.02. The molecule has 16 heavy (non-hydrogen) atoms. The van der Waals surface area contributed by atoms with Gasteiger partial charge in [-0.3, -0.25) is 0 Å². The summed E-state index contributed by atoms with van der Waals surface area (Å²) in [5, 5.41) is 10.5. The SMILES string of the molecule is [2H]C1(O)c2ccccc2CSc2ccccc21. The second-order valence-corrected chi connectivity index (χ2v) is 4.81. The number of fused-ring (bicyclic) bond motifs is 2. The van der Waals surface area contributed by atoms with Crippen molar-refractivity contribution in [1.29, 1.82) is 0 Å². The summed E-state index contributed by atoms with van der Waals surface area (Å²) in [5.74, 6) is 0.800. The van der Waals surface area contributed by atoms with Crippen molar-refractivity contribution in [2.45, 2.75) is 16.7 Å². The van der Waals surface area contributed by atoms with Crippen LogP contribution in [0.5, 0.6) is 0 Å². The molecule has 0 radical (unpaired) electrons. The quantitative estimate of drug-likeness (QED) is 0.747. The Labute approximate surface area is 101 Å². The van der Waals surface area contributed by atoms with E-state index in [2.05, 4.69) is 0 Å². The first-order valence-corrected chi connectivity index (χ1v) is 6.21. The van der Waals surface area contributed by atoms with Crippen molar-refractivity contribution >= 4 is 11.8 Å². The molecule has 0 saturated carbocycles. The lowest BCUT2D eigenvalue weighted by atomic mass is 9.98. The lowest BCUT2D eigenvalue weighted by Crippen LogP contribution is -2.01. The van der Waals surface area contributed by atoms with Crippen LogP contribution >= 0.6 is 11.8 Å². The summed E-state index contributed by atoms with van der Waals surface area (Å²) in [6, 6.07) is 15.2. The van der Waals surface area contributed by atoms with Crippen LogP contribution in [0.2, 0.25) is 0 Å². The van der Waals surface area contributed by atoms with Gasteiger partial charge in [-0.2, -0.15) is 0 Å². The molecule has 1 aliphatic heterocycles. The Hall–Kier alpha value is -1.25. The summed E-state index contributed by atoms with van der Waals surface area (Å²) in [4.78, 5) is 0.987. The van der Waals surface area contributed by atoms with Crippen molar-refractivity contribution in [1.82, 2.24) is 0 Å². The fourth-order valence-electron chi connectivity index (χ4n) is 1.97. The minimum absolute atomic E-state index is 0.676. The first kappa shape index (κ1) is 8.85. The highest BCUT2D eigenvalue weighted by molar-refractivity contribution is 7.98. The topological polar surface area (TPSA) is 20.2 Å². The van der Waals surface area contributed by atoms with Gasteiger partial charge in [0.05, 0.1) is 1.37 Å². The molecule has 0 spiro atoms. The Bertz CT molecular complexity index is 516. The summed E-state index contributed by atoms with van der Waals surface area (Å²) in [7, 11) is 0. The Morgan fingerprint density at radius 2 is 1.75 bits per heavy atom. The second kappa shape index (κ2) is 3.96. The van der Waals surface area contributed by atoms with Crippen molar-refractivity contribution in [3.63, 3.8) is 0 Å². The van der Waals surface area contributed by atoms with Crippen LogP contribution in [0.4, 0.5) is 0 Å². The van der Waals surface area contributed by atoms with Gasteiger partial charge in [-0.25, -0.2) is 0 Å². The minimum Gasteiger partial charge on any atom is -0.384 e. The van der Waals surface area contributed by atoms with E-state index in [1.165, 1.54) is 0 Å². The molecule has 3 rings (SSSR count). The third kappa shape index (κ3) is 1.55. The summed E-state index contributed by atoms with van der Waals surface area (Å²) in [6.45, 7) is 0. The lowest BCUT2D eigenvalue weighted by Gasteiger charge is -2.13. The van der Waals surface area contributed by atoms with Gasteiger partial charge >= 0.3 is 0 Å². The van der Waals surface area contributed by atoms with E-state index >= 15 is 0 Å². The molecule has 1 nitrogen and oxygen atoms in total. The molecular formula is C14H12OS. The van der Waals surface area contributed by atoms with Gasteiger partial charge < -0.3 is 5.11 Å². The smallest absolute Gasteiger partial charge is 0.105 e. The highest BCUT2D eigenvalue weighted by atomic mass is 32.2. The third-order valence-corrected chi connectivity index (χ3v) is 3.92. The summed E-state index contributed by atoms with van der Waals surface area (Å²) in [6.07, 6.45) is -1.64. The van der Waals surface area contributed by atoms with Gasteiger partial charge in [0.15, 0.2) is 0 Å². The molecule has 1 N–H and O–H groups in total. The first-order valence-electron chi connectivity index (χ1n) is 5.72. The molecule has 1 aliphatic rings. The number of thioether (sulfide) groups is 1. The predicted octanol–water partition coefficient (Wildman–Crippen LogP) is 3.37. The van der Waals surface area contributed by atoms with Crippen molar-refractivity contribution < 1.29 is 6.48 Å². The number of hydrogen-bond acceptors (Lipinski definition) is 2. The minimum atomic E-state index is -1.64. The van der Waals surface area contributed by atoms with E-state index in [9.17, 15) is 5.11 Å². The molecule has 0 amide bonds. The molecule has 1 atom stereocenters. The van der Waals surface area contributed by atoms with Crippen LogP contribution in [0.25, 0.3) is 0 Å². The van der Waals surface area contributed by atoms with Crippen LogP contribution in [-0.4, -0.2) is 5.11 Å². The van der Waals surface area contributed by atoms with E-state index in [1.54, 1.807) is 11.8 Å². The van der Waals surface area contributed by atoms with Crippen LogP contribution in [0.1, 0.15) is 24.1 Å². The standard InChI is InChI=1S/C14H12OS/c15-14-11-6-2-1-5-10(11)9-16-13-8-4-3-7-12(13)14/h1-8,14-15H,9H2/i14D. The Morgan fingerprint density at radius 3 is 2.62 bits per heavy atom. The monoisotopic (exact) mass is 229 g/mol. The third-order valence-electron chi connectivity index (χ3n) is 2.80. The average Bonchev–Trinajstić information content (AvgIpc) is 2.47. The van der Waals surface area contributed by atoms with E-state index in [0.717, 1.165) is 16.2 Å². The van der Waals surface area contributed by atoms with E-state index in [4.69, 9.17) is 1.37 Å². The molecule has 2 aromatic rings. The lowest BCUT2D eigenvalue weighted by molar-refractivity contribution is 0.217. The van der Waals surface area contributed by atoms with Crippen LogP contribution in [0.15, 0.2) is 53.4 Å². The molecule has 0 fully saturated rings. The number of benzene rings is 2. The molecule has 80 valence electrons. The Balaban J connectivity index is 2.27. The van der Waals surface area contributed by atoms with E-state index in [-0.39, 0.29) is 0 Å². The highest BCUT2D eigenvalue weighted by Crippen LogP contribution is 2.38. The highest BCUT2D eigenvalue weighted by Gasteiger charge is 2.20. The fraction of sp³-hybridized carbons (Fsp3) is 0.143. The van der Waals surface area contributed by atoms with Crippen LogP contribution in [-0.2, 0) is 5.75 Å². The Kier molecular flexibility index (Phi) is 2.19. The Morgan fingerprint density at radius 1 is 1.06 bits per heavy atom. The van der Waals surface area contributed by atoms with Crippen LogP contribution in [0.3, 0.4) is 0 Å². The molecule has 2 aromatic carbocycles. The van der Waals surface area contributed by atoms with Crippen LogP contribution < -0.4 is 0 Å². The van der Waals surface area contributed by atoms with Gasteiger partial charge in [0, 0.05) is 10.6 Å². The molecule has 0 aromatic heterocycles. The molecule has 1 unspecified atom stereocenters. The van der Waals surface area contributed by atoms with E-state index < -0.39 is 6.08 Å². The number of hydrogen-bond donors (Lipinski definition) is 1. The van der Waals surface area contributed by atoms with Crippen molar-refractivity contribution in [2.75, 3.05) is 0 Å². The summed E-state index contributed by atoms with van der Waals surface area (Å²) in [5.41, 5.74) is 2.40. The molecular weight excluding hydrogens is 216 g/mol. The van der Waals surface area contributed by atoms with Crippen molar-refractivity contribution in [3.8, 4) is 0 Å². The van der Waals surface area contributed by atoms with Crippen molar-refractivity contribution in [2.24, 2.45) is 0 Å². The van der Waals surface area contributed by atoms with E-state index in [1.807, 2.05) is 48.5 Å². The summed E-state index contributed by atoms with van der Waals surface area (Å²) < 4.78 is 8.27. The van der Waals surface area contributed by atoms with E-state index in [0.29, 0.717) is 11.1 Å². The molecule has 0 aliphatic carbocycles. The molecule has 2 heteroatoms. The van der Waals surface area contributed by atoms with Gasteiger partial charge in [0.25, 0.3) is 0 Å². The van der Waals surface area contributed by atoms with Gasteiger partial charge in [-0.05, 0) is 22.8 Å². The van der Waals surface area contributed by atoms with Gasteiger partial charge in [-0.1, -0.05) is 42.5 Å². The molecule has 1 heterocycles. The normalized spacial score (nSPS) is 23.9. The molecule has 0 saturated heterocycles. The largest absolute Gasteiger partial charge is 0.384 e. The average molecular weight is 229 g/mol. The predicted molar refractivity (Wildman–Crippen MR) is 66.5 cm³/mol. The maximum atomic E-state index is 10.5. The summed E-state index contributed by atoms with van der Waals surface area (Å²) >= 11 is 1.67.